The first kappa shape index (κ1) is 20.7. The second-order valence-electron chi connectivity index (χ2n) is 8.28. The van der Waals surface area contributed by atoms with Gasteiger partial charge in [-0.3, -0.25) is 9.59 Å². The number of halogens is 2. The van der Waals surface area contributed by atoms with E-state index in [1.807, 2.05) is 6.92 Å². The third kappa shape index (κ3) is 3.38. The molecule has 166 valence electrons. The highest BCUT2D eigenvalue weighted by Crippen LogP contribution is 2.36. The minimum absolute atomic E-state index is 0.0156. The van der Waals surface area contributed by atoms with Gasteiger partial charge in [0.25, 0.3) is 5.91 Å². The van der Waals surface area contributed by atoms with Crippen LogP contribution in [0.2, 0.25) is 0 Å². The van der Waals surface area contributed by atoms with Crippen molar-refractivity contribution in [3.05, 3.63) is 62.5 Å². The number of amides is 1. The lowest BCUT2D eigenvalue weighted by Gasteiger charge is -2.37. The monoisotopic (exact) mass is 458 g/mol. The van der Waals surface area contributed by atoms with Gasteiger partial charge in [-0.05, 0) is 37.8 Å². The fourth-order valence-corrected chi connectivity index (χ4v) is 5.35. The third-order valence-electron chi connectivity index (χ3n) is 6.22. The van der Waals surface area contributed by atoms with Gasteiger partial charge in [0.1, 0.15) is 16.6 Å². The van der Waals surface area contributed by atoms with E-state index in [1.165, 1.54) is 12.1 Å². The average Bonchev–Trinajstić information content (AvgIpc) is 3.14. The Labute approximate surface area is 186 Å². The summed E-state index contributed by atoms with van der Waals surface area (Å²) in [7, 11) is 0. The first-order valence-electron chi connectivity index (χ1n) is 10.4. The fourth-order valence-electron chi connectivity index (χ4n) is 4.48. The molecule has 0 aliphatic carbocycles. The molecule has 0 radical (unpaired) electrons. The van der Waals surface area contributed by atoms with Crippen LogP contribution in [-0.4, -0.2) is 43.3 Å². The van der Waals surface area contributed by atoms with Crippen molar-refractivity contribution < 1.29 is 18.7 Å². The second-order valence-corrected chi connectivity index (χ2v) is 9.34. The lowest BCUT2D eigenvalue weighted by molar-refractivity contribution is 0.0606. The summed E-state index contributed by atoms with van der Waals surface area (Å²) in [5, 5.41) is 19.5. The number of rotatable bonds is 3. The van der Waals surface area contributed by atoms with Crippen molar-refractivity contribution in [3.8, 4) is 16.3 Å². The van der Waals surface area contributed by atoms with Crippen molar-refractivity contribution in [2.24, 2.45) is 0 Å². The largest absolute Gasteiger partial charge is 0.503 e. The van der Waals surface area contributed by atoms with E-state index in [9.17, 15) is 23.5 Å². The van der Waals surface area contributed by atoms with Crippen molar-refractivity contribution in [2.75, 3.05) is 6.54 Å². The van der Waals surface area contributed by atoms with Crippen LogP contribution in [0.15, 0.2) is 29.2 Å². The molecule has 1 aromatic carbocycles. The Morgan fingerprint density at radius 1 is 1.22 bits per heavy atom. The van der Waals surface area contributed by atoms with Gasteiger partial charge in [-0.15, -0.1) is 10.2 Å². The molecule has 2 aliphatic rings. The van der Waals surface area contributed by atoms with Crippen LogP contribution in [0, 0.1) is 11.6 Å². The van der Waals surface area contributed by atoms with Gasteiger partial charge in [-0.25, -0.2) is 8.78 Å². The normalized spacial score (nSPS) is 20.2. The standard InChI is InChI=1S/C22H20F2N4O3S/c1-11-3-2-4-14-9-27(11)22(31)18-20(30)19(29)15(10-28(14)18)21-26-25-17(32-21)7-12-5-6-13(23)8-16(12)24/h5-6,8,10-11,14,30H,2-4,7,9H2,1H3. The number of nitrogens with zero attached hydrogens (tertiary/aromatic N) is 4. The summed E-state index contributed by atoms with van der Waals surface area (Å²) >= 11 is 1.09. The van der Waals surface area contributed by atoms with Crippen molar-refractivity contribution in [1.29, 1.82) is 0 Å². The van der Waals surface area contributed by atoms with Crippen LogP contribution < -0.4 is 5.43 Å². The van der Waals surface area contributed by atoms with Gasteiger partial charge in [0.15, 0.2) is 16.5 Å². The van der Waals surface area contributed by atoms with E-state index >= 15 is 0 Å². The first-order valence-corrected chi connectivity index (χ1v) is 11.2. The molecule has 1 N–H and O–H groups in total. The molecule has 3 aromatic rings. The van der Waals surface area contributed by atoms with Crippen LogP contribution >= 0.6 is 11.3 Å². The molecule has 4 heterocycles. The molecule has 2 aromatic heterocycles. The van der Waals surface area contributed by atoms with E-state index in [-0.39, 0.29) is 46.2 Å². The first-order chi connectivity index (χ1) is 15.3. The number of benzene rings is 1. The SMILES string of the molecule is CC1CCCC2CN1C(=O)c1c(O)c(=O)c(-c3nnc(Cc4ccc(F)cc4F)s3)cn12. The summed E-state index contributed by atoms with van der Waals surface area (Å²) in [6.07, 6.45) is 4.30. The number of hydrogen-bond donors (Lipinski definition) is 1. The Kier molecular flexibility index (Phi) is 5.04. The molecule has 2 unspecified atom stereocenters. The fraction of sp³-hybridized carbons (Fsp3) is 0.364. The van der Waals surface area contributed by atoms with Gasteiger partial charge >= 0.3 is 0 Å². The molecule has 1 saturated heterocycles. The number of hydrogen-bond acceptors (Lipinski definition) is 6. The van der Waals surface area contributed by atoms with Crippen molar-refractivity contribution >= 4 is 17.2 Å². The van der Waals surface area contributed by atoms with Gasteiger partial charge in [0.2, 0.25) is 5.43 Å². The minimum atomic E-state index is -0.687. The van der Waals surface area contributed by atoms with Crippen LogP contribution in [0.4, 0.5) is 8.78 Å². The highest BCUT2D eigenvalue weighted by atomic mass is 32.1. The number of pyridine rings is 1. The highest BCUT2D eigenvalue weighted by molar-refractivity contribution is 7.14. The molecular formula is C22H20F2N4O3S. The van der Waals surface area contributed by atoms with E-state index in [0.717, 1.165) is 36.7 Å². The van der Waals surface area contributed by atoms with Crippen LogP contribution in [0.1, 0.15) is 53.3 Å². The third-order valence-corrected chi connectivity index (χ3v) is 7.18. The topological polar surface area (TPSA) is 88.3 Å². The summed E-state index contributed by atoms with van der Waals surface area (Å²) in [4.78, 5) is 27.7. The van der Waals surface area contributed by atoms with E-state index in [4.69, 9.17) is 0 Å². The summed E-state index contributed by atoms with van der Waals surface area (Å²) in [6, 6.07) is 3.32. The molecular weight excluding hydrogens is 438 g/mol. The Hall–Kier alpha value is -3.14. The highest BCUT2D eigenvalue weighted by Gasteiger charge is 2.38. The molecule has 2 atom stereocenters. The second kappa shape index (κ2) is 7.77. The zero-order chi connectivity index (χ0) is 22.6. The Bertz CT molecular complexity index is 1290. The van der Waals surface area contributed by atoms with Gasteiger partial charge in [-0.2, -0.15) is 0 Å². The maximum Gasteiger partial charge on any atom is 0.274 e. The Balaban J connectivity index is 1.54. The number of carbonyl (C=O) groups is 1. The number of aromatic hydroxyl groups is 1. The van der Waals surface area contributed by atoms with Gasteiger partial charge < -0.3 is 14.6 Å². The van der Waals surface area contributed by atoms with Gasteiger partial charge in [-0.1, -0.05) is 17.4 Å². The number of carbonyl (C=O) groups excluding carboxylic acids is 1. The molecule has 2 bridgehead atoms. The number of fused-ring (bicyclic) bond motifs is 4. The van der Waals surface area contributed by atoms with E-state index in [2.05, 4.69) is 10.2 Å². The van der Waals surface area contributed by atoms with Crippen molar-refractivity contribution in [1.82, 2.24) is 19.7 Å². The van der Waals surface area contributed by atoms with Crippen LogP contribution in [0.3, 0.4) is 0 Å². The predicted molar refractivity (Wildman–Crippen MR) is 114 cm³/mol. The van der Waals surface area contributed by atoms with E-state index in [0.29, 0.717) is 11.6 Å². The molecule has 10 heteroatoms. The summed E-state index contributed by atoms with van der Waals surface area (Å²) in [6.45, 7) is 2.51. The smallest absolute Gasteiger partial charge is 0.274 e. The molecule has 1 fully saturated rings. The van der Waals surface area contributed by atoms with Crippen LogP contribution in [0.25, 0.3) is 10.6 Å². The molecule has 0 spiro atoms. The van der Waals surface area contributed by atoms with Crippen LogP contribution in [-0.2, 0) is 6.42 Å². The maximum absolute atomic E-state index is 14.0. The average molecular weight is 458 g/mol. The maximum atomic E-state index is 14.0. The molecule has 7 nitrogen and oxygen atoms in total. The molecule has 5 rings (SSSR count). The lowest BCUT2D eigenvalue weighted by Crippen LogP contribution is -2.46. The Morgan fingerprint density at radius 2 is 2.03 bits per heavy atom. The lowest BCUT2D eigenvalue weighted by atomic mass is 10.1. The quantitative estimate of drug-likeness (QED) is 0.649. The molecule has 32 heavy (non-hydrogen) atoms. The predicted octanol–water partition coefficient (Wildman–Crippen LogP) is 3.51. The van der Waals surface area contributed by atoms with Gasteiger partial charge in [0.05, 0.1) is 11.6 Å². The molecule has 0 saturated carbocycles. The zero-order valence-corrected chi connectivity index (χ0v) is 18.0. The summed E-state index contributed by atoms with van der Waals surface area (Å²) in [5.41, 5.74) is -0.264. The summed E-state index contributed by atoms with van der Waals surface area (Å²) < 4.78 is 28.8. The van der Waals surface area contributed by atoms with E-state index < -0.39 is 22.8 Å². The summed E-state index contributed by atoms with van der Waals surface area (Å²) in [5.74, 6) is -2.28. The molecule has 2 aliphatic heterocycles. The van der Waals surface area contributed by atoms with Gasteiger partial charge in [0, 0.05) is 31.3 Å². The zero-order valence-electron chi connectivity index (χ0n) is 17.2. The Morgan fingerprint density at radius 3 is 2.81 bits per heavy atom. The molecule has 1 amide bonds. The van der Waals surface area contributed by atoms with E-state index in [1.54, 1.807) is 15.7 Å². The van der Waals surface area contributed by atoms with Crippen LogP contribution in [0.5, 0.6) is 5.75 Å². The minimum Gasteiger partial charge on any atom is -0.503 e. The van der Waals surface area contributed by atoms with Crippen molar-refractivity contribution in [3.63, 3.8) is 0 Å². The number of aromatic nitrogens is 3. The van der Waals surface area contributed by atoms with Crippen molar-refractivity contribution in [2.45, 2.75) is 44.7 Å².